The van der Waals surface area contributed by atoms with Crippen LogP contribution in [0.2, 0.25) is 0 Å². The topological polar surface area (TPSA) is 294 Å². The Bertz CT molecular complexity index is 2120. The molecule has 1 aliphatic heterocycles. The summed E-state index contributed by atoms with van der Waals surface area (Å²) in [6, 6.07) is 13.2. The molecule has 4 rings (SSSR count). The van der Waals surface area contributed by atoms with Crippen molar-refractivity contribution in [3.05, 3.63) is 90.0 Å². The Kier molecular flexibility index (Phi) is 23.5. The van der Waals surface area contributed by atoms with Gasteiger partial charge in [0.15, 0.2) is 0 Å². The molecule has 21 heteroatoms. The number of nitrogens with one attached hydrogen (secondary N) is 5. The van der Waals surface area contributed by atoms with Crippen molar-refractivity contribution in [1.82, 2.24) is 36.1 Å². The van der Waals surface area contributed by atoms with E-state index in [0.29, 0.717) is 18.7 Å². The molecule has 69 heavy (non-hydrogen) atoms. The highest BCUT2D eigenvalue weighted by Gasteiger charge is 2.41. The van der Waals surface area contributed by atoms with Gasteiger partial charge in [-0.2, -0.15) is 0 Å². The molecule has 9 N–H and O–H groups in total. The minimum Gasteiger partial charge on any atom is -0.394 e. The molecular formula is C48H71N8O12P. The third-order valence-electron chi connectivity index (χ3n) is 11.6. The van der Waals surface area contributed by atoms with Gasteiger partial charge in [-0.15, -0.1) is 0 Å². The van der Waals surface area contributed by atoms with E-state index in [-0.39, 0.29) is 44.2 Å². The van der Waals surface area contributed by atoms with E-state index in [0.717, 1.165) is 44.9 Å². The molecule has 1 saturated heterocycles. The minimum atomic E-state index is -4.73. The first kappa shape index (κ1) is 56.1. The molecule has 0 bridgehead atoms. The highest BCUT2D eigenvalue weighted by molar-refractivity contribution is 7.47. The number of aryl methyl sites for hydroxylation is 2. The van der Waals surface area contributed by atoms with E-state index in [1.54, 1.807) is 0 Å². The van der Waals surface area contributed by atoms with Crippen LogP contribution in [0.15, 0.2) is 73.2 Å². The average molecular weight is 983 g/mol. The summed E-state index contributed by atoms with van der Waals surface area (Å²) in [6.07, 6.45) is 7.60. The number of phosphoric acid groups is 1. The van der Waals surface area contributed by atoms with E-state index in [2.05, 4.69) is 43.4 Å². The number of unbranched alkanes of at least 4 members (excludes halogenated alkanes) is 4. The predicted octanol–water partition coefficient (Wildman–Crippen LogP) is 2.77. The van der Waals surface area contributed by atoms with Crippen molar-refractivity contribution >= 4 is 43.3 Å². The van der Waals surface area contributed by atoms with Crippen LogP contribution in [0.25, 0.3) is 0 Å². The number of likely N-dealkylation sites (tertiary alicyclic amines) is 1. The molecule has 8 atom stereocenters. The van der Waals surface area contributed by atoms with Crippen molar-refractivity contribution in [1.29, 1.82) is 0 Å². The molecule has 0 spiro atoms. The zero-order valence-corrected chi connectivity index (χ0v) is 40.9. The molecule has 2 heterocycles. The van der Waals surface area contributed by atoms with Crippen LogP contribution >= 0.6 is 7.82 Å². The fourth-order valence-electron chi connectivity index (χ4n) is 7.96. The molecule has 1 fully saturated rings. The van der Waals surface area contributed by atoms with Gasteiger partial charge in [0, 0.05) is 44.8 Å². The molecule has 3 aromatic rings. The highest BCUT2D eigenvalue weighted by atomic mass is 31.2. The van der Waals surface area contributed by atoms with Crippen LogP contribution in [0, 0.1) is 5.92 Å². The fraction of sp³-hybridized carbons (Fsp3) is 0.562. The van der Waals surface area contributed by atoms with E-state index in [9.17, 15) is 43.3 Å². The van der Waals surface area contributed by atoms with Crippen LogP contribution in [-0.2, 0) is 66.4 Å². The third-order valence-corrected chi connectivity index (χ3v) is 12.7. The molecule has 0 radical (unpaired) electrons. The van der Waals surface area contributed by atoms with Crippen LogP contribution in [0.1, 0.15) is 95.9 Å². The molecule has 0 aliphatic carbocycles. The number of imidazole rings is 1. The number of nitrogens with zero attached hydrogens (tertiary/aromatic N) is 2. The number of carbonyl (C=O) groups excluding carboxylic acids is 6. The number of carbonyl (C=O) groups is 6. The maximum absolute atomic E-state index is 14.0. The molecule has 380 valence electrons. The van der Waals surface area contributed by atoms with Gasteiger partial charge in [0.05, 0.1) is 31.7 Å². The van der Waals surface area contributed by atoms with Gasteiger partial charge in [0.1, 0.15) is 30.2 Å². The molecule has 2 aromatic carbocycles. The summed E-state index contributed by atoms with van der Waals surface area (Å²) in [5, 5.41) is 20.3. The Balaban J connectivity index is 1.33. The number of phosphoric ester groups is 1. The van der Waals surface area contributed by atoms with Gasteiger partial charge in [-0.05, 0) is 68.9 Å². The molecular weight excluding hydrogens is 912 g/mol. The van der Waals surface area contributed by atoms with E-state index >= 15 is 0 Å². The minimum absolute atomic E-state index is 0.107. The first-order chi connectivity index (χ1) is 33.0. The standard InChI is InChI=1S/C48H71N8O12P/c1-32(2)25-39(53-48(63)42-27-38(29-56(42)34(4)58)66-23-16-14-22-36-20-12-8-13-21-36)45(60)52-40(26-37-28-50-31-51-37)46(61)54-41(30-57)47(62)55-43(44(49)59)33(3)68-69(64,65)67-24-15-6-5-9-17-35-18-10-7-11-19-35/h7-8,10-13,18-21,28,31-33,38-43,57H,5-6,9,14-17,22-27,29-30H2,1-4H3,(H2,49,59)(H,50,51)(H,52,60)(H,53,63)(H,54,61)(H,55,62)(H,64,65)/t33?,38-,39+,40+,41+,42+,43?/m1/s1. The largest absolute Gasteiger partial charge is 0.472 e. The molecule has 20 nitrogen and oxygen atoms in total. The maximum atomic E-state index is 14.0. The normalized spacial score (nSPS) is 17.8. The van der Waals surface area contributed by atoms with Gasteiger partial charge >= 0.3 is 7.82 Å². The van der Waals surface area contributed by atoms with E-state index in [1.165, 1.54) is 42.4 Å². The SMILES string of the molecule is CC(=O)N1C[C@H](OCCCCc2ccccc2)C[C@H]1C(=O)N[C@@H](CC(C)C)C(=O)N[C@@H](Cc1cnc[nH]1)C(=O)N[C@@H](CO)C(=O)NC(C(N)=O)C(C)OP(=O)(O)OCCCCCCc1ccccc1. The van der Waals surface area contributed by atoms with Crippen molar-refractivity contribution in [2.75, 3.05) is 26.4 Å². The Hall–Kier alpha value is -5.50. The number of rotatable bonds is 31. The fourth-order valence-corrected chi connectivity index (χ4v) is 8.92. The summed E-state index contributed by atoms with van der Waals surface area (Å²) in [5.41, 5.74) is 8.41. The first-order valence-electron chi connectivity index (χ1n) is 23.7. The van der Waals surface area contributed by atoms with Crippen LogP contribution in [0.4, 0.5) is 0 Å². The number of aromatic amines is 1. The molecule has 6 amide bonds. The second-order valence-electron chi connectivity index (χ2n) is 17.8. The summed E-state index contributed by atoms with van der Waals surface area (Å²) in [5.74, 6) is -4.93. The van der Waals surface area contributed by atoms with Crippen molar-refractivity contribution < 1.29 is 57.1 Å². The molecule has 0 saturated carbocycles. The van der Waals surface area contributed by atoms with E-state index in [1.807, 2.05) is 62.4 Å². The Labute approximate surface area is 404 Å². The summed E-state index contributed by atoms with van der Waals surface area (Å²) in [7, 11) is -4.73. The molecule has 3 unspecified atom stereocenters. The number of hydrogen-bond donors (Lipinski definition) is 8. The number of benzene rings is 2. The van der Waals surface area contributed by atoms with Gasteiger partial charge < -0.3 is 51.6 Å². The highest BCUT2D eigenvalue weighted by Crippen LogP contribution is 2.45. The predicted molar refractivity (Wildman–Crippen MR) is 256 cm³/mol. The Morgan fingerprint density at radius 2 is 1.39 bits per heavy atom. The third kappa shape index (κ3) is 19.8. The van der Waals surface area contributed by atoms with Crippen molar-refractivity contribution in [3.63, 3.8) is 0 Å². The van der Waals surface area contributed by atoms with Crippen LogP contribution < -0.4 is 27.0 Å². The van der Waals surface area contributed by atoms with E-state index in [4.69, 9.17) is 19.5 Å². The smallest absolute Gasteiger partial charge is 0.394 e. The zero-order chi connectivity index (χ0) is 50.3. The number of amides is 6. The van der Waals surface area contributed by atoms with Gasteiger partial charge in [0.2, 0.25) is 35.4 Å². The number of aromatic nitrogens is 2. The van der Waals surface area contributed by atoms with Crippen LogP contribution in [0.3, 0.4) is 0 Å². The van der Waals surface area contributed by atoms with Crippen LogP contribution in [0.5, 0.6) is 0 Å². The number of nitrogens with two attached hydrogens (primary N) is 1. The number of aliphatic hydroxyl groups is 1. The lowest BCUT2D eigenvalue weighted by atomic mass is 10.0. The number of primary amides is 1. The van der Waals surface area contributed by atoms with Gasteiger partial charge in [-0.1, -0.05) is 87.4 Å². The van der Waals surface area contributed by atoms with Gasteiger partial charge in [-0.3, -0.25) is 37.8 Å². The summed E-state index contributed by atoms with van der Waals surface area (Å²) < 4.78 is 29.1. The first-order valence-corrected chi connectivity index (χ1v) is 25.2. The summed E-state index contributed by atoms with van der Waals surface area (Å²) in [4.78, 5) is 99.1. The number of hydrogen-bond acceptors (Lipinski definition) is 12. The molecule has 1 aliphatic rings. The van der Waals surface area contributed by atoms with Gasteiger partial charge in [-0.25, -0.2) is 9.55 Å². The molecule has 1 aromatic heterocycles. The number of H-pyrrole nitrogens is 1. The lowest BCUT2D eigenvalue weighted by molar-refractivity contribution is -0.139. The quantitative estimate of drug-likeness (QED) is 0.0341. The Morgan fingerprint density at radius 1 is 0.812 bits per heavy atom. The second-order valence-corrected chi connectivity index (χ2v) is 19.2. The lowest BCUT2D eigenvalue weighted by Crippen LogP contribution is -2.61. The summed E-state index contributed by atoms with van der Waals surface area (Å²) >= 11 is 0. The maximum Gasteiger partial charge on any atom is 0.472 e. The van der Waals surface area contributed by atoms with Crippen molar-refractivity contribution in [2.24, 2.45) is 11.7 Å². The van der Waals surface area contributed by atoms with Crippen molar-refractivity contribution in [2.45, 2.75) is 141 Å². The van der Waals surface area contributed by atoms with Crippen LogP contribution in [-0.4, -0.2) is 129 Å². The Morgan fingerprint density at radius 3 is 1.97 bits per heavy atom. The number of aliphatic hydroxyl groups excluding tert-OH is 1. The lowest BCUT2D eigenvalue weighted by Gasteiger charge is -2.28. The van der Waals surface area contributed by atoms with Gasteiger partial charge in [0.25, 0.3) is 0 Å². The monoisotopic (exact) mass is 982 g/mol. The van der Waals surface area contributed by atoms with E-state index < -0.39 is 86.4 Å². The second kappa shape index (κ2) is 28.9. The average Bonchev–Trinajstić information content (AvgIpc) is 4.00. The summed E-state index contributed by atoms with van der Waals surface area (Å²) in [6.45, 7) is 5.84. The zero-order valence-electron chi connectivity index (χ0n) is 40.0. The number of ether oxygens (including phenoxy) is 1. The van der Waals surface area contributed by atoms with Crippen molar-refractivity contribution in [3.8, 4) is 0 Å².